The Morgan fingerprint density at radius 3 is 2.69 bits per heavy atom. The maximum Gasteiger partial charge on any atom is 0.104 e. The zero-order valence-corrected chi connectivity index (χ0v) is 11.0. The second kappa shape index (κ2) is 5.85. The summed E-state index contributed by atoms with van der Waals surface area (Å²) in [6.45, 7) is 7.47. The largest absolute Gasteiger partial charge is 0.389 e. The number of anilines is 1. The molecule has 0 aliphatic heterocycles. The Morgan fingerprint density at radius 1 is 1.50 bits per heavy atom. The lowest BCUT2D eigenvalue weighted by molar-refractivity contribution is 0.593. The van der Waals surface area contributed by atoms with Crippen molar-refractivity contribution in [3.63, 3.8) is 0 Å². The first-order valence-corrected chi connectivity index (χ1v) is 6.09. The van der Waals surface area contributed by atoms with Crippen LogP contribution in [-0.2, 0) is 0 Å². The summed E-state index contributed by atoms with van der Waals surface area (Å²) in [4.78, 5) is 0.464. The monoisotopic (exact) mass is 236 g/mol. The van der Waals surface area contributed by atoms with E-state index >= 15 is 0 Å². The SMILES string of the molecule is CCC(C)CNc1ccc(C(N)=S)c(C)c1. The highest BCUT2D eigenvalue weighted by Crippen LogP contribution is 2.15. The molecule has 0 aliphatic rings. The molecule has 3 N–H and O–H groups in total. The zero-order valence-electron chi connectivity index (χ0n) is 10.2. The number of nitrogens with two attached hydrogens (primary N) is 1. The van der Waals surface area contributed by atoms with Gasteiger partial charge >= 0.3 is 0 Å². The minimum atomic E-state index is 0.464. The Labute approximate surface area is 103 Å². The molecule has 0 amide bonds. The summed E-state index contributed by atoms with van der Waals surface area (Å²) in [7, 11) is 0. The van der Waals surface area contributed by atoms with Gasteiger partial charge in [0, 0.05) is 17.8 Å². The molecule has 0 saturated carbocycles. The molecule has 0 radical (unpaired) electrons. The van der Waals surface area contributed by atoms with Crippen LogP contribution in [0.25, 0.3) is 0 Å². The van der Waals surface area contributed by atoms with Crippen LogP contribution < -0.4 is 11.1 Å². The topological polar surface area (TPSA) is 38.0 Å². The third-order valence-corrected chi connectivity index (χ3v) is 3.06. The van der Waals surface area contributed by atoms with Crippen molar-refractivity contribution in [3.8, 4) is 0 Å². The van der Waals surface area contributed by atoms with Crippen molar-refractivity contribution in [2.75, 3.05) is 11.9 Å². The van der Waals surface area contributed by atoms with Crippen molar-refractivity contribution in [3.05, 3.63) is 29.3 Å². The van der Waals surface area contributed by atoms with E-state index in [2.05, 4.69) is 25.2 Å². The molecule has 16 heavy (non-hydrogen) atoms. The van der Waals surface area contributed by atoms with E-state index < -0.39 is 0 Å². The molecule has 3 heteroatoms. The van der Waals surface area contributed by atoms with Gasteiger partial charge in [-0.05, 0) is 36.6 Å². The van der Waals surface area contributed by atoms with Crippen molar-refractivity contribution in [2.24, 2.45) is 11.7 Å². The standard InChI is InChI=1S/C13H20N2S/c1-4-9(2)8-15-11-5-6-12(13(14)16)10(3)7-11/h5-7,9,15H,4,8H2,1-3H3,(H2,14,16). The molecule has 88 valence electrons. The molecule has 1 aromatic carbocycles. The molecular formula is C13H20N2S. The summed E-state index contributed by atoms with van der Waals surface area (Å²) in [6, 6.07) is 6.11. The van der Waals surface area contributed by atoms with Gasteiger partial charge in [-0.3, -0.25) is 0 Å². The van der Waals surface area contributed by atoms with Gasteiger partial charge in [0.05, 0.1) is 0 Å². The molecule has 1 unspecified atom stereocenters. The molecule has 1 atom stereocenters. The molecular weight excluding hydrogens is 216 g/mol. The molecule has 0 aromatic heterocycles. The quantitative estimate of drug-likeness (QED) is 0.772. The van der Waals surface area contributed by atoms with Crippen molar-refractivity contribution >= 4 is 22.9 Å². The maximum absolute atomic E-state index is 5.62. The fourth-order valence-corrected chi connectivity index (χ4v) is 1.72. The van der Waals surface area contributed by atoms with Crippen LogP contribution in [-0.4, -0.2) is 11.5 Å². The van der Waals surface area contributed by atoms with Crippen LogP contribution in [0.5, 0.6) is 0 Å². The summed E-state index contributed by atoms with van der Waals surface area (Å²) in [5.74, 6) is 0.690. The predicted octanol–water partition coefficient (Wildman–Crippen LogP) is 3.09. The number of aryl methyl sites for hydroxylation is 1. The van der Waals surface area contributed by atoms with Gasteiger partial charge in [-0.2, -0.15) is 0 Å². The summed E-state index contributed by atoms with van der Waals surface area (Å²) >= 11 is 4.98. The smallest absolute Gasteiger partial charge is 0.104 e. The lowest BCUT2D eigenvalue weighted by Crippen LogP contribution is -2.13. The summed E-state index contributed by atoms with van der Waals surface area (Å²) < 4.78 is 0. The molecule has 0 aliphatic carbocycles. The number of hydrogen-bond acceptors (Lipinski definition) is 2. The Kier molecular flexibility index (Phi) is 4.74. The highest BCUT2D eigenvalue weighted by molar-refractivity contribution is 7.80. The minimum Gasteiger partial charge on any atom is -0.389 e. The Hall–Kier alpha value is -1.09. The Balaban J connectivity index is 2.70. The third kappa shape index (κ3) is 3.49. The van der Waals surface area contributed by atoms with E-state index in [0.29, 0.717) is 10.9 Å². The van der Waals surface area contributed by atoms with Crippen LogP contribution in [0, 0.1) is 12.8 Å². The normalized spacial score (nSPS) is 12.2. The van der Waals surface area contributed by atoms with E-state index in [1.165, 1.54) is 6.42 Å². The van der Waals surface area contributed by atoms with Crippen LogP contribution in [0.2, 0.25) is 0 Å². The van der Waals surface area contributed by atoms with Crippen molar-refractivity contribution in [1.82, 2.24) is 0 Å². The molecule has 1 rings (SSSR count). The maximum atomic E-state index is 5.62. The molecule has 0 fully saturated rings. The molecule has 0 saturated heterocycles. The van der Waals surface area contributed by atoms with Crippen molar-refractivity contribution in [2.45, 2.75) is 27.2 Å². The lowest BCUT2D eigenvalue weighted by atomic mass is 10.1. The molecule has 0 heterocycles. The predicted molar refractivity (Wildman–Crippen MR) is 75.0 cm³/mol. The number of thiocarbonyl (C=S) groups is 1. The third-order valence-electron chi connectivity index (χ3n) is 2.84. The molecule has 0 spiro atoms. The van der Waals surface area contributed by atoms with E-state index in [0.717, 1.165) is 23.4 Å². The van der Waals surface area contributed by atoms with Crippen LogP contribution in [0.1, 0.15) is 31.4 Å². The second-order valence-corrected chi connectivity index (χ2v) is 4.73. The fraction of sp³-hybridized carbons (Fsp3) is 0.462. The van der Waals surface area contributed by atoms with Crippen molar-refractivity contribution < 1.29 is 0 Å². The minimum absolute atomic E-state index is 0.464. The van der Waals surface area contributed by atoms with E-state index in [1.54, 1.807) is 0 Å². The van der Waals surface area contributed by atoms with Gasteiger partial charge in [-0.15, -0.1) is 0 Å². The van der Waals surface area contributed by atoms with Crippen LogP contribution in [0.15, 0.2) is 18.2 Å². The van der Waals surface area contributed by atoms with Gasteiger partial charge in [0.2, 0.25) is 0 Å². The first kappa shape index (κ1) is 13.0. The van der Waals surface area contributed by atoms with E-state index in [9.17, 15) is 0 Å². The lowest BCUT2D eigenvalue weighted by Gasteiger charge is -2.13. The first-order valence-electron chi connectivity index (χ1n) is 5.69. The van der Waals surface area contributed by atoms with Crippen LogP contribution in [0.4, 0.5) is 5.69 Å². The number of benzene rings is 1. The highest BCUT2D eigenvalue weighted by Gasteiger charge is 2.03. The summed E-state index contributed by atoms with van der Waals surface area (Å²) in [6.07, 6.45) is 1.19. The average Bonchev–Trinajstić information content (AvgIpc) is 2.25. The van der Waals surface area contributed by atoms with Crippen LogP contribution >= 0.6 is 12.2 Å². The Morgan fingerprint density at radius 2 is 2.19 bits per heavy atom. The number of nitrogens with one attached hydrogen (secondary N) is 1. The fourth-order valence-electron chi connectivity index (χ4n) is 1.49. The average molecular weight is 236 g/mol. The number of rotatable bonds is 5. The van der Waals surface area contributed by atoms with Gasteiger partial charge in [0.15, 0.2) is 0 Å². The second-order valence-electron chi connectivity index (χ2n) is 4.29. The highest BCUT2D eigenvalue weighted by atomic mass is 32.1. The van der Waals surface area contributed by atoms with E-state index in [4.69, 9.17) is 18.0 Å². The van der Waals surface area contributed by atoms with Gasteiger partial charge < -0.3 is 11.1 Å². The molecule has 0 bridgehead atoms. The first-order chi connectivity index (χ1) is 7.54. The summed E-state index contributed by atoms with van der Waals surface area (Å²) in [5, 5.41) is 3.42. The van der Waals surface area contributed by atoms with Gasteiger partial charge in [0.25, 0.3) is 0 Å². The van der Waals surface area contributed by atoms with Gasteiger partial charge in [-0.25, -0.2) is 0 Å². The molecule has 2 nitrogen and oxygen atoms in total. The van der Waals surface area contributed by atoms with Gasteiger partial charge in [-0.1, -0.05) is 32.5 Å². The molecule has 1 aromatic rings. The zero-order chi connectivity index (χ0) is 12.1. The van der Waals surface area contributed by atoms with E-state index in [-0.39, 0.29) is 0 Å². The summed E-state index contributed by atoms with van der Waals surface area (Å²) in [5.41, 5.74) is 8.84. The van der Waals surface area contributed by atoms with Gasteiger partial charge in [0.1, 0.15) is 4.99 Å². The Bertz CT molecular complexity index is 374. The van der Waals surface area contributed by atoms with Crippen molar-refractivity contribution in [1.29, 1.82) is 0 Å². The van der Waals surface area contributed by atoms with E-state index in [1.807, 2.05) is 19.1 Å². The van der Waals surface area contributed by atoms with Crippen LogP contribution in [0.3, 0.4) is 0 Å². The number of hydrogen-bond donors (Lipinski definition) is 2.